The molecule has 10 heteroatoms. The molecule has 4 rings (SSSR count). The number of unbranched alkanes of at least 4 members (excludes halogenated alkanes) is 1. The molecular formula is C25H25N3O5S2. The second-order valence-electron chi connectivity index (χ2n) is 7.91. The third kappa shape index (κ3) is 4.76. The van der Waals surface area contributed by atoms with Gasteiger partial charge < -0.3 is 14.8 Å². The molecule has 1 fully saturated rings. The van der Waals surface area contributed by atoms with Gasteiger partial charge in [0.2, 0.25) is 5.91 Å². The number of para-hydroxylation sites is 1. The lowest BCUT2D eigenvalue weighted by Gasteiger charge is -2.18. The lowest BCUT2D eigenvalue weighted by Crippen LogP contribution is -2.35. The zero-order valence-corrected chi connectivity index (χ0v) is 21.3. The highest BCUT2D eigenvalue weighted by Crippen LogP contribution is 2.44. The number of anilines is 2. The SMILES string of the molecule is CCCCN1C(=O)C(=C2C(=O)N(CC(=O)Nc3ccc(OC)cc3OC)c3ccccc32)SC1=S. The van der Waals surface area contributed by atoms with Gasteiger partial charge in [-0.2, -0.15) is 0 Å². The predicted octanol–water partition coefficient (Wildman–Crippen LogP) is 4.06. The molecule has 2 aliphatic rings. The number of thioether (sulfide) groups is 1. The number of methoxy groups -OCH3 is 2. The number of thiocarbonyl (C=S) groups is 1. The Labute approximate surface area is 213 Å². The Kier molecular flexibility index (Phi) is 7.42. The third-order valence-electron chi connectivity index (χ3n) is 5.72. The summed E-state index contributed by atoms with van der Waals surface area (Å²) < 4.78 is 11.0. The van der Waals surface area contributed by atoms with Crippen LogP contribution in [-0.4, -0.2) is 54.3 Å². The summed E-state index contributed by atoms with van der Waals surface area (Å²) in [6.45, 7) is 2.32. The van der Waals surface area contributed by atoms with Crippen molar-refractivity contribution in [3.63, 3.8) is 0 Å². The number of nitrogens with one attached hydrogen (secondary N) is 1. The maximum Gasteiger partial charge on any atom is 0.267 e. The summed E-state index contributed by atoms with van der Waals surface area (Å²) in [5.74, 6) is -0.0556. The molecule has 0 spiro atoms. The number of rotatable bonds is 8. The molecule has 1 N–H and O–H groups in total. The number of carbonyl (C=O) groups is 3. The number of fused-ring (bicyclic) bond motifs is 1. The van der Waals surface area contributed by atoms with E-state index in [1.807, 2.05) is 6.92 Å². The molecule has 35 heavy (non-hydrogen) atoms. The quantitative estimate of drug-likeness (QED) is 0.422. The number of amides is 3. The van der Waals surface area contributed by atoms with Crippen LogP contribution in [0.4, 0.5) is 11.4 Å². The molecule has 2 aliphatic heterocycles. The molecule has 2 aromatic rings. The summed E-state index contributed by atoms with van der Waals surface area (Å²) in [6.07, 6.45) is 1.74. The van der Waals surface area contributed by atoms with Crippen LogP contribution in [0, 0.1) is 0 Å². The summed E-state index contributed by atoms with van der Waals surface area (Å²) in [7, 11) is 3.03. The minimum Gasteiger partial charge on any atom is -0.497 e. The van der Waals surface area contributed by atoms with Crippen LogP contribution < -0.4 is 19.7 Å². The van der Waals surface area contributed by atoms with Crippen LogP contribution in [0.25, 0.3) is 5.57 Å². The first-order chi connectivity index (χ1) is 16.9. The van der Waals surface area contributed by atoms with E-state index in [1.165, 1.54) is 12.0 Å². The monoisotopic (exact) mass is 511 g/mol. The molecule has 2 aromatic carbocycles. The van der Waals surface area contributed by atoms with Crippen LogP contribution in [0.3, 0.4) is 0 Å². The zero-order chi connectivity index (χ0) is 25.1. The van der Waals surface area contributed by atoms with E-state index in [-0.39, 0.29) is 18.0 Å². The van der Waals surface area contributed by atoms with Crippen molar-refractivity contribution in [2.45, 2.75) is 19.8 Å². The summed E-state index contributed by atoms with van der Waals surface area (Å²) >= 11 is 6.56. The van der Waals surface area contributed by atoms with Gasteiger partial charge in [-0.3, -0.25) is 24.2 Å². The number of ether oxygens (including phenoxy) is 2. The molecule has 0 unspecified atom stereocenters. The highest BCUT2D eigenvalue weighted by molar-refractivity contribution is 8.26. The van der Waals surface area contributed by atoms with E-state index in [2.05, 4.69) is 5.32 Å². The van der Waals surface area contributed by atoms with Gasteiger partial charge in [-0.05, 0) is 24.6 Å². The largest absolute Gasteiger partial charge is 0.497 e. The molecule has 8 nitrogen and oxygen atoms in total. The molecule has 0 atom stereocenters. The second kappa shape index (κ2) is 10.5. The van der Waals surface area contributed by atoms with Gasteiger partial charge in [-0.1, -0.05) is 55.5 Å². The topological polar surface area (TPSA) is 88.2 Å². The van der Waals surface area contributed by atoms with E-state index in [1.54, 1.807) is 54.5 Å². The fourth-order valence-corrected chi connectivity index (χ4v) is 5.33. The third-order valence-corrected chi connectivity index (χ3v) is 7.17. The number of carbonyl (C=O) groups excluding carboxylic acids is 3. The maximum absolute atomic E-state index is 13.5. The summed E-state index contributed by atoms with van der Waals surface area (Å²) in [4.78, 5) is 42.9. The van der Waals surface area contributed by atoms with Crippen LogP contribution in [0.2, 0.25) is 0 Å². The number of hydrogen-bond donors (Lipinski definition) is 1. The van der Waals surface area contributed by atoms with Crippen LogP contribution in [0.15, 0.2) is 47.4 Å². The van der Waals surface area contributed by atoms with Crippen molar-refractivity contribution in [3.8, 4) is 11.5 Å². The fourth-order valence-electron chi connectivity index (χ4n) is 3.95. The molecule has 0 radical (unpaired) electrons. The van der Waals surface area contributed by atoms with Crippen LogP contribution in [0.1, 0.15) is 25.3 Å². The van der Waals surface area contributed by atoms with Crippen LogP contribution >= 0.6 is 24.0 Å². The van der Waals surface area contributed by atoms with Gasteiger partial charge >= 0.3 is 0 Å². The molecule has 0 aliphatic carbocycles. The molecular weight excluding hydrogens is 486 g/mol. The van der Waals surface area contributed by atoms with Crippen molar-refractivity contribution in [2.75, 3.05) is 37.5 Å². The number of nitrogens with zero attached hydrogens (tertiary/aromatic N) is 2. The summed E-state index contributed by atoms with van der Waals surface area (Å²) in [5.41, 5.74) is 1.92. The fraction of sp³-hybridized carbons (Fsp3) is 0.280. The molecule has 1 saturated heterocycles. The maximum atomic E-state index is 13.5. The van der Waals surface area contributed by atoms with Gasteiger partial charge in [-0.25, -0.2) is 0 Å². The standard InChI is InChI=1S/C25H25N3O5S2/c1-4-5-12-27-24(31)22(35-25(27)34)21-16-8-6-7-9-18(16)28(23(21)30)14-20(29)26-17-11-10-15(32-2)13-19(17)33-3/h6-11,13H,4-5,12,14H2,1-3H3,(H,26,29). The first kappa shape index (κ1) is 24.7. The molecule has 0 bridgehead atoms. The normalized spacial score (nSPS) is 17.2. The van der Waals surface area contributed by atoms with Gasteiger partial charge in [0.1, 0.15) is 22.4 Å². The van der Waals surface area contributed by atoms with E-state index >= 15 is 0 Å². The average molecular weight is 512 g/mol. The van der Waals surface area contributed by atoms with Crippen LogP contribution in [0.5, 0.6) is 11.5 Å². The zero-order valence-electron chi connectivity index (χ0n) is 19.6. The Morgan fingerprint density at radius 2 is 1.83 bits per heavy atom. The minimum atomic E-state index is -0.409. The van der Waals surface area contributed by atoms with Crippen molar-refractivity contribution >= 4 is 63.0 Å². The number of hydrogen-bond acceptors (Lipinski definition) is 7. The predicted molar refractivity (Wildman–Crippen MR) is 141 cm³/mol. The molecule has 2 heterocycles. The van der Waals surface area contributed by atoms with Gasteiger partial charge in [0.05, 0.1) is 36.1 Å². The summed E-state index contributed by atoms with van der Waals surface area (Å²) in [5, 5.41) is 2.79. The number of benzene rings is 2. The molecule has 0 saturated carbocycles. The van der Waals surface area contributed by atoms with Gasteiger partial charge in [-0.15, -0.1) is 0 Å². The van der Waals surface area contributed by atoms with Crippen molar-refractivity contribution in [1.82, 2.24) is 4.90 Å². The lowest BCUT2D eigenvalue weighted by molar-refractivity contribution is -0.122. The molecule has 182 valence electrons. The smallest absolute Gasteiger partial charge is 0.267 e. The Bertz CT molecular complexity index is 1240. The Morgan fingerprint density at radius 1 is 1.06 bits per heavy atom. The second-order valence-corrected chi connectivity index (χ2v) is 9.55. The first-order valence-corrected chi connectivity index (χ1v) is 12.3. The average Bonchev–Trinajstić information content (AvgIpc) is 3.29. The van der Waals surface area contributed by atoms with Crippen LogP contribution in [-0.2, 0) is 14.4 Å². The van der Waals surface area contributed by atoms with E-state index in [0.717, 1.165) is 24.6 Å². The van der Waals surface area contributed by atoms with Crippen molar-refractivity contribution < 1.29 is 23.9 Å². The Hall–Kier alpha value is -3.37. The van der Waals surface area contributed by atoms with E-state index < -0.39 is 11.8 Å². The molecule has 3 amide bonds. The Balaban J connectivity index is 1.61. The molecule has 0 aromatic heterocycles. The summed E-state index contributed by atoms with van der Waals surface area (Å²) in [6, 6.07) is 12.2. The van der Waals surface area contributed by atoms with Gasteiger partial charge in [0, 0.05) is 18.2 Å². The minimum absolute atomic E-state index is 0.231. The van der Waals surface area contributed by atoms with E-state index in [9.17, 15) is 14.4 Å². The van der Waals surface area contributed by atoms with Gasteiger partial charge in [0.25, 0.3) is 11.8 Å². The highest BCUT2D eigenvalue weighted by atomic mass is 32.2. The van der Waals surface area contributed by atoms with Crippen molar-refractivity contribution in [2.24, 2.45) is 0 Å². The van der Waals surface area contributed by atoms with E-state index in [4.69, 9.17) is 21.7 Å². The highest BCUT2D eigenvalue weighted by Gasteiger charge is 2.42. The van der Waals surface area contributed by atoms with Crippen molar-refractivity contribution in [3.05, 3.63) is 52.9 Å². The van der Waals surface area contributed by atoms with Gasteiger partial charge in [0.15, 0.2) is 0 Å². The van der Waals surface area contributed by atoms with E-state index in [0.29, 0.717) is 44.2 Å². The van der Waals surface area contributed by atoms with Crippen molar-refractivity contribution in [1.29, 1.82) is 0 Å². The Morgan fingerprint density at radius 3 is 2.54 bits per heavy atom. The lowest BCUT2D eigenvalue weighted by atomic mass is 10.1. The first-order valence-electron chi connectivity index (χ1n) is 11.1.